The zero-order valence-corrected chi connectivity index (χ0v) is 15.7. The summed E-state index contributed by atoms with van der Waals surface area (Å²) >= 11 is 0. The van der Waals surface area contributed by atoms with Gasteiger partial charge in [0.2, 0.25) is 5.91 Å². The number of hydrogen-bond donors (Lipinski definition) is 3. The molecule has 26 heavy (non-hydrogen) atoms. The molecule has 0 radical (unpaired) electrons. The third-order valence-corrected chi connectivity index (χ3v) is 4.21. The summed E-state index contributed by atoms with van der Waals surface area (Å²) in [5, 5.41) is 14.3. The number of hydrogen-bond acceptors (Lipinski definition) is 4. The number of carboxylic acid groups (broad SMARTS) is 1. The summed E-state index contributed by atoms with van der Waals surface area (Å²) in [5.41, 5.74) is 0.831. The molecular formula is C19H28N2O5. The molecule has 1 aromatic carbocycles. The standard InChI is InChI=1S/C19H28N2O5/c1-5-13(4)16(17(22)20-15(12(2)3)18(23)24)21-19(25)26-11-14-9-7-6-8-10-14/h6-10,12-13,15-16H,5,11H2,1-4H3,(H,20,22)(H,21,25)(H,23,24)/t13-,15+,16-/m0/s1. The van der Waals surface area contributed by atoms with E-state index in [4.69, 9.17) is 4.74 Å². The summed E-state index contributed by atoms with van der Waals surface area (Å²) in [4.78, 5) is 35.9. The van der Waals surface area contributed by atoms with E-state index >= 15 is 0 Å². The highest BCUT2D eigenvalue weighted by Crippen LogP contribution is 2.11. The number of amides is 2. The second kappa shape index (κ2) is 10.4. The predicted octanol–water partition coefficient (Wildman–Crippen LogP) is 2.55. The summed E-state index contributed by atoms with van der Waals surface area (Å²) in [6, 6.07) is 7.30. The first kappa shape index (κ1) is 21.5. The summed E-state index contributed by atoms with van der Waals surface area (Å²) in [6.45, 7) is 7.20. The molecule has 7 nitrogen and oxygen atoms in total. The van der Waals surface area contributed by atoms with Crippen LogP contribution in [0.15, 0.2) is 30.3 Å². The Hall–Kier alpha value is -2.57. The Kier molecular flexibility index (Phi) is 8.61. The molecule has 0 unspecified atom stereocenters. The molecule has 0 bridgehead atoms. The highest BCUT2D eigenvalue weighted by molar-refractivity contribution is 5.89. The van der Waals surface area contributed by atoms with Crippen LogP contribution in [0.2, 0.25) is 0 Å². The number of carbonyl (C=O) groups excluding carboxylic acids is 2. The van der Waals surface area contributed by atoms with E-state index < -0.39 is 30.1 Å². The van der Waals surface area contributed by atoms with Crippen molar-refractivity contribution in [2.45, 2.75) is 52.8 Å². The van der Waals surface area contributed by atoms with Crippen LogP contribution in [-0.2, 0) is 20.9 Å². The molecule has 0 saturated carbocycles. The molecule has 0 aliphatic rings. The van der Waals surface area contributed by atoms with E-state index in [1.54, 1.807) is 13.8 Å². The lowest BCUT2D eigenvalue weighted by molar-refractivity contribution is -0.143. The summed E-state index contributed by atoms with van der Waals surface area (Å²) in [6.07, 6.45) is -0.0815. The van der Waals surface area contributed by atoms with Gasteiger partial charge in [-0.25, -0.2) is 9.59 Å². The van der Waals surface area contributed by atoms with Gasteiger partial charge < -0.3 is 20.5 Å². The quantitative estimate of drug-likeness (QED) is 0.625. The number of ether oxygens (including phenoxy) is 1. The average molecular weight is 364 g/mol. The first-order valence-electron chi connectivity index (χ1n) is 8.76. The fourth-order valence-electron chi connectivity index (χ4n) is 2.35. The van der Waals surface area contributed by atoms with E-state index in [9.17, 15) is 19.5 Å². The van der Waals surface area contributed by atoms with Crippen molar-refractivity contribution in [1.29, 1.82) is 0 Å². The van der Waals surface area contributed by atoms with Gasteiger partial charge in [-0.05, 0) is 17.4 Å². The minimum absolute atomic E-state index is 0.0886. The first-order chi connectivity index (χ1) is 12.3. The second-order valence-electron chi connectivity index (χ2n) is 6.64. The van der Waals surface area contributed by atoms with Gasteiger partial charge in [-0.15, -0.1) is 0 Å². The Morgan fingerprint density at radius 3 is 2.15 bits per heavy atom. The summed E-state index contributed by atoms with van der Waals surface area (Å²) in [5.74, 6) is -2.10. The zero-order chi connectivity index (χ0) is 19.7. The average Bonchev–Trinajstić information content (AvgIpc) is 2.61. The first-order valence-corrected chi connectivity index (χ1v) is 8.76. The highest BCUT2D eigenvalue weighted by atomic mass is 16.5. The van der Waals surface area contributed by atoms with E-state index in [0.717, 1.165) is 5.56 Å². The molecular weight excluding hydrogens is 336 g/mol. The Bertz CT molecular complexity index is 603. The van der Waals surface area contributed by atoms with E-state index in [1.807, 2.05) is 44.2 Å². The molecule has 0 aliphatic heterocycles. The van der Waals surface area contributed by atoms with Crippen molar-refractivity contribution < 1.29 is 24.2 Å². The van der Waals surface area contributed by atoms with Gasteiger partial charge >= 0.3 is 12.1 Å². The minimum atomic E-state index is -1.11. The van der Waals surface area contributed by atoms with Crippen molar-refractivity contribution in [1.82, 2.24) is 10.6 Å². The SMILES string of the molecule is CC[C@H](C)[C@H](NC(=O)OCc1ccccc1)C(=O)N[C@@H](C(=O)O)C(C)C. The van der Waals surface area contributed by atoms with E-state index in [-0.39, 0.29) is 18.4 Å². The van der Waals surface area contributed by atoms with E-state index in [0.29, 0.717) is 6.42 Å². The number of carboxylic acids is 1. The van der Waals surface area contributed by atoms with Crippen LogP contribution in [0.1, 0.15) is 39.7 Å². The highest BCUT2D eigenvalue weighted by Gasteiger charge is 2.31. The molecule has 2 amide bonds. The zero-order valence-electron chi connectivity index (χ0n) is 15.7. The molecule has 7 heteroatoms. The van der Waals surface area contributed by atoms with Crippen LogP contribution in [0.25, 0.3) is 0 Å². The molecule has 144 valence electrons. The van der Waals surface area contributed by atoms with Crippen LogP contribution in [-0.4, -0.2) is 35.2 Å². The molecule has 1 aromatic rings. The van der Waals surface area contributed by atoms with Gasteiger partial charge in [0.15, 0.2) is 0 Å². The smallest absolute Gasteiger partial charge is 0.408 e. The third kappa shape index (κ3) is 6.74. The monoisotopic (exact) mass is 364 g/mol. The number of benzene rings is 1. The van der Waals surface area contributed by atoms with Crippen molar-refractivity contribution in [3.05, 3.63) is 35.9 Å². The topological polar surface area (TPSA) is 105 Å². The fourth-order valence-corrected chi connectivity index (χ4v) is 2.35. The van der Waals surface area contributed by atoms with Crippen molar-refractivity contribution in [2.24, 2.45) is 11.8 Å². The molecule has 0 aliphatic carbocycles. The normalized spacial score (nSPS) is 14.2. The van der Waals surface area contributed by atoms with Gasteiger partial charge in [0.1, 0.15) is 18.7 Å². The van der Waals surface area contributed by atoms with E-state index in [2.05, 4.69) is 10.6 Å². The van der Waals surface area contributed by atoms with Crippen molar-refractivity contribution in [2.75, 3.05) is 0 Å². The molecule has 0 aromatic heterocycles. The number of rotatable bonds is 9. The van der Waals surface area contributed by atoms with Crippen molar-refractivity contribution in [3.63, 3.8) is 0 Å². The maximum Gasteiger partial charge on any atom is 0.408 e. The maximum atomic E-state index is 12.5. The Labute approximate surface area is 154 Å². The number of carbonyl (C=O) groups is 3. The lowest BCUT2D eigenvalue weighted by atomic mass is 9.97. The fraction of sp³-hybridized carbons (Fsp3) is 0.526. The van der Waals surface area contributed by atoms with Crippen LogP contribution < -0.4 is 10.6 Å². The van der Waals surface area contributed by atoms with Gasteiger partial charge in [0, 0.05) is 0 Å². The molecule has 0 fully saturated rings. The molecule has 3 atom stereocenters. The Balaban J connectivity index is 2.71. The number of aliphatic carboxylic acids is 1. The third-order valence-electron chi connectivity index (χ3n) is 4.21. The van der Waals surface area contributed by atoms with Crippen LogP contribution >= 0.6 is 0 Å². The van der Waals surface area contributed by atoms with Gasteiger partial charge in [-0.2, -0.15) is 0 Å². The van der Waals surface area contributed by atoms with Gasteiger partial charge in [-0.1, -0.05) is 64.4 Å². The van der Waals surface area contributed by atoms with Crippen LogP contribution in [0.5, 0.6) is 0 Å². The van der Waals surface area contributed by atoms with Gasteiger partial charge in [0.05, 0.1) is 0 Å². The Morgan fingerprint density at radius 2 is 1.65 bits per heavy atom. The van der Waals surface area contributed by atoms with Crippen LogP contribution in [0, 0.1) is 11.8 Å². The van der Waals surface area contributed by atoms with Gasteiger partial charge in [0.25, 0.3) is 0 Å². The molecule has 0 heterocycles. The summed E-state index contributed by atoms with van der Waals surface area (Å²) in [7, 11) is 0. The lowest BCUT2D eigenvalue weighted by Crippen LogP contribution is -2.55. The largest absolute Gasteiger partial charge is 0.480 e. The number of alkyl carbamates (subject to hydrolysis) is 1. The van der Waals surface area contributed by atoms with Crippen molar-refractivity contribution >= 4 is 18.0 Å². The second-order valence-corrected chi connectivity index (χ2v) is 6.64. The van der Waals surface area contributed by atoms with E-state index in [1.165, 1.54) is 0 Å². The lowest BCUT2D eigenvalue weighted by Gasteiger charge is -2.26. The maximum absolute atomic E-state index is 12.5. The number of nitrogens with one attached hydrogen (secondary N) is 2. The Morgan fingerprint density at radius 1 is 1.04 bits per heavy atom. The van der Waals surface area contributed by atoms with Crippen molar-refractivity contribution in [3.8, 4) is 0 Å². The summed E-state index contributed by atoms with van der Waals surface area (Å²) < 4.78 is 5.16. The molecule has 0 saturated heterocycles. The predicted molar refractivity (Wildman–Crippen MR) is 97.4 cm³/mol. The van der Waals surface area contributed by atoms with Gasteiger partial charge in [-0.3, -0.25) is 4.79 Å². The van der Waals surface area contributed by atoms with Crippen LogP contribution in [0.3, 0.4) is 0 Å². The molecule has 1 rings (SSSR count). The molecule has 0 spiro atoms. The van der Waals surface area contributed by atoms with Crippen LogP contribution in [0.4, 0.5) is 4.79 Å². The minimum Gasteiger partial charge on any atom is -0.480 e. The molecule has 3 N–H and O–H groups in total.